The van der Waals surface area contributed by atoms with Crippen LogP contribution in [0.1, 0.15) is 33.1 Å². The van der Waals surface area contributed by atoms with Crippen LogP contribution in [0.15, 0.2) is 79.3 Å². The van der Waals surface area contributed by atoms with Crippen molar-refractivity contribution in [3.05, 3.63) is 107 Å². The zero-order valence-corrected chi connectivity index (χ0v) is 20.8. The highest BCUT2D eigenvalue weighted by Crippen LogP contribution is 2.39. The fraction of sp³-hybridized carbons (Fsp3) is 0.111. The van der Waals surface area contributed by atoms with Crippen molar-refractivity contribution in [1.82, 2.24) is 15.3 Å². The number of fused-ring (bicyclic) bond motifs is 1. The van der Waals surface area contributed by atoms with Crippen molar-refractivity contribution in [2.75, 3.05) is 4.90 Å². The van der Waals surface area contributed by atoms with Gasteiger partial charge in [-0.05, 0) is 47.4 Å². The molecule has 1 atom stereocenters. The fourth-order valence-corrected chi connectivity index (χ4v) is 4.56. The number of hydrogen-bond acceptors (Lipinski definition) is 4. The molecule has 1 aliphatic heterocycles. The number of benzene rings is 3. The number of para-hydroxylation sites is 1. The maximum absolute atomic E-state index is 13.6. The second-order valence-corrected chi connectivity index (χ2v) is 8.75. The van der Waals surface area contributed by atoms with Crippen LogP contribution >= 0.6 is 24.0 Å². The number of aromatic nitrogens is 2. The van der Waals surface area contributed by atoms with Gasteiger partial charge in [0.25, 0.3) is 5.78 Å². The van der Waals surface area contributed by atoms with Crippen molar-refractivity contribution in [1.29, 1.82) is 0 Å². The Balaban J connectivity index is 0.00000304. The van der Waals surface area contributed by atoms with Crippen molar-refractivity contribution in [2.24, 2.45) is 0 Å². The summed E-state index contributed by atoms with van der Waals surface area (Å²) in [6, 6.07) is 18.6. The quantitative estimate of drug-likeness (QED) is 0.348. The van der Waals surface area contributed by atoms with Gasteiger partial charge in [-0.1, -0.05) is 60.1 Å². The molecule has 5 rings (SSSR count). The summed E-state index contributed by atoms with van der Waals surface area (Å²) in [6.45, 7) is 2.04. The molecule has 182 valence electrons. The molecule has 4 aromatic rings. The first-order valence-electron chi connectivity index (χ1n) is 11.0. The molecule has 3 aromatic carbocycles. The molecular weight excluding hydrogens is 499 g/mol. The van der Waals surface area contributed by atoms with Gasteiger partial charge in [0.15, 0.2) is 0 Å². The highest BCUT2D eigenvalue weighted by Gasteiger charge is 2.44. The number of carbonyl (C=O) groups is 3. The molecule has 2 heterocycles. The third kappa shape index (κ3) is 4.63. The highest BCUT2D eigenvalue weighted by atomic mass is 35.5. The van der Waals surface area contributed by atoms with Crippen LogP contribution in [0.5, 0.6) is 0 Å². The minimum Gasteiger partial charge on any atom is -0.350 e. The zero-order valence-electron chi connectivity index (χ0n) is 19.2. The van der Waals surface area contributed by atoms with Crippen molar-refractivity contribution >= 4 is 47.3 Å². The minimum atomic E-state index is -1.04. The van der Waals surface area contributed by atoms with Crippen LogP contribution in [0.4, 0.5) is 5.69 Å². The topological polar surface area (TPSA) is 95.2 Å². The monoisotopic (exact) mass is 520 g/mol. The molecule has 1 aromatic heterocycles. The minimum absolute atomic E-state index is 0. The Bertz CT molecular complexity index is 1440. The first kappa shape index (κ1) is 25.2. The molecule has 0 radical (unpaired) electrons. The predicted molar refractivity (Wildman–Crippen MR) is 140 cm³/mol. The number of rotatable bonds is 6. The van der Waals surface area contributed by atoms with E-state index in [2.05, 4.69) is 15.3 Å². The lowest BCUT2D eigenvalue weighted by atomic mass is 10.0. The Morgan fingerprint density at radius 3 is 2.53 bits per heavy atom. The normalized spacial score (nSPS) is 13.2. The number of aryl methyl sites for hydroxylation is 1. The second-order valence-electron chi connectivity index (χ2n) is 8.31. The molecule has 2 N–H and O–H groups in total. The summed E-state index contributed by atoms with van der Waals surface area (Å²) in [5.41, 5.74) is 4.61. The first-order chi connectivity index (χ1) is 16.9. The number of aromatic amines is 1. The summed E-state index contributed by atoms with van der Waals surface area (Å²) >= 11 is 6.08. The van der Waals surface area contributed by atoms with E-state index in [4.69, 9.17) is 11.6 Å². The summed E-state index contributed by atoms with van der Waals surface area (Å²) in [6.07, 6.45) is 3.29. The van der Waals surface area contributed by atoms with E-state index in [-0.39, 0.29) is 19.0 Å². The maximum Gasteiger partial charge on any atom is 0.300 e. The van der Waals surface area contributed by atoms with E-state index in [0.29, 0.717) is 21.8 Å². The van der Waals surface area contributed by atoms with E-state index in [1.54, 1.807) is 55.0 Å². The van der Waals surface area contributed by atoms with Gasteiger partial charge in [0.2, 0.25) is 5.91 Å². The van der Waals surface area contributed by atoms with E-state index < -0.39 is 23.6 Å². The maximum atomic E-state index is 13.6. The van der Waals surface area contributed by atoms with Crippen LogP contribution < -0.4 is 10.2 Å². The fourth-order valence-electron chi connectivity index (χ4n) is 4.34. The van der Waals surface area contributed by atoms with Gasteiger partial charge in [0, 0.05) is 11.6 Å². The Labute approximate surface area is 218 Å². The number of hydrogen-bond donors (Lipinski definition) is 2. The number of carbonyl (C=O) groups excluding carboxylic acids is 3. The summed E-state index contributed by atoms with van der Waals surface area (Å²) in [4.78, 5) is 48.0. The second kappa shape index (κ2) is 10.4. The summed E-state index contributed by atoms with van der Waals surface area (Å²) < 4.78 is 0. The van der Waals surface area contributed by atoms with E-state index in [0.717, 1.165) is 22.4 Å². The molecule has 0 bridgehead atoms. The number of anilines is 1. The molecule has 7 nitrogen and oxygen atoms in total. The zero-order chi connectivity index (χ0) is 24.5. The van der Waals surface area contributed by atoms with Crippen LogP contribution in [0.2, 0.25) is 5.02 Å². The van der Waals surface area contributed by atoms with E-state index in [1.807, 2.05) is 31.2 Å². The lowest BCUT2D eigenvalue weighted by molar-refractivity contribution is -0.125. The molecule has 0 saturated carbocycles. The van der Waals surface area contributed by atoms with Gasteiger partial charge in [0.05, 0.1) is 29.5 Å². The Hall–Kier alpha value is -3.94. The van der Waals surface area contributed by atoms with Gasteiger partial charge < -0.3 is 10.3 Å². The molecular formula is C27H22Cl2N4O3. The number of amides is 2. The Morgan fingerprint density at radius 2 is 1.83 bits per heavy atom. The molecule has 9 heteroatoms. The molecule has 0 spiro atoms. The lowest BCUT2D eigenvalue weighted by Crippen LogP contribution is -2.43. The van der Waals surface area contributed by atoms with Gasteiger partial charge in [-0.15, -0.1) is 12.4 Å². The van der Waals surface area contributed by atoms with Gasteiger partial charge in [-0.25, -0.2) is 4.98 Å². The Kier molecular flexibility index (Phi) is 7.24. The van der Waals surface area contributed by atoms with Crippen LogP contribution in [0, 0.1) is 6.92 Å². The van der Waals surface area contributed by atoms with Crippen LogP contribution in [-0.4, -0.2) is 27.6 Å². The van der Waals surface area contributed by atoms with Crippen molar-refractivity contribution < 1.29 is 14.4 Å². The average molecular weight is 521 g/mol. The molecule has 0 fully saturated rings. The highest BCUT2D eigenvalue weighted by molar-refractivity contribution is 6.53. The van der Waals surface area contributed by atoms with Gasteiger partial charge in [-0.3, -0.25) is 19.3 Å². The third-order valence-corrected chi connectivity index (χ3v) is 6.27. The number of halogens is 2. The molecule has 2 amide bonds. The van der Waals surface area contributed by atoms with Crippen LogP contribution in [0.25, 0.3) is 11.3 Å². The molecule has 1 aliphatic rings. The number of H-pyrrole nitrogens is 1. The Morgan fingerprint density at radius 1 is 1.08 bits per heavy atom. The number of imidazole rings is 1. The number of ketones is 1. The average Bonchev–Trinajstić information content (AvgIpc) is 3.48. The summed E-state index contributed by atoms with van der Waals surface area (Å²) in [7, 11) is 0. The summed E-state index contributed by atoms with van der Waals surface area (Å²) in [5, 5.41) is 3.47. The smallest absolute Gasteiger partial charge is 0.300 e. The molecule has 0 aliphatic carbocycles. The van der Waals surface area contributed by atoms with Crippen LogP contribution in [-0.2, 0) is 16.1 Å². The van der Waals surface area contributed by atoms with Crippen molar-refractivity contribution in [3.63, 3.8) is 0 Å². The third-order valence-electron chi connectivity index (χ3n) is 6.03. The van der Waals surface area contributed by atoms with E-state index >= 15 is 0 Å². The predicted octanol–water partition coefficient (Wildman–Crippen LogP) is 5.05. The standard InChI is InChI=1S/C27H21ClN4O3.ClH/c1-16-4-2-7-21-23(16)32(27(35)25(21)33)24(26(34)30-13-17-5-3-6-20(28)12-17)19-10-8-18(9-11-19)22-14-29-15-31-22;/h2-12,14-15,24H,13H2,1H3,(H,29,31)(H,30,34);1H. The first-order valence-corrected chi connectivity index (χ1v) is 11.4. The van der Waals surface area contributed by atoms with Crippen molar-refractivity contribution in [2.45, 2.75) is 19.5 Å². The molecule has 36 heavy (non-hydrogen) atoms. The van der Waals surface area contributed by atoms with E-state index in [9.17, 15) is 14.4 Å². The molecule has 1 unspecified atom stereocenters. The van der Waals surface area contributed by atoms with Crippen LogP contribution in [0.3, 0.4) is 0 Å². The number of Topliss-reactive ketones (excluding diaryl/α,β-unsaturated/α-hetero) is 1. The number of nitrogens with one attached hydrogen (secondary N) is 2. The van der Waals surface area contributed by atoms with Crippen molar-refractivity contribution in [3.8, 4) is 11.3 Å². The largest absolute Gasteiger partial charge is 0.350 e. The SMILES string of the molecule is Cc1cccc2c1N(C(C(=O)NCc1cccc(Cl)c1)c1ccc(-c3cnc[nH]3)cc1)C(=O)C2=O.Cl. The lowest BCUT2D eigenvalue weighted by Gasteiger charge is -2.28. The molecule has 0 saturated heterocycles. The van der Waals surface area contributed by atoms with Gasteiger partial charge >= 0.3 is 5.91 Å². The number of nitrogens with zero attached hydrogens (tertiary/aromatic N) is 2. The summed E-state index contributed by atoms with van der Waals surface area (Å²) in [5.74, 6) is -1.75. The van der Waals surface area contributed by atoms with Gasteiger partial charge in [-0.2, -0.15) is 0 Å². The van der Waals surface area contributed by atoms with E-state index in [1.165, 1.54) is 4.90 Å². The van der Waals surface area contributed by atoms with Gasteiger partial charge in [0.1, 0.15) is 6.04 Å².